The molecule has 1 aliphatic rings. The largest absolute Gasteiger partial charge is 0.497 e. The molecule has 110 valence electrons. The molecule has 0 bridgehead atoms. The lowest BCUT2D eigenvalue weighted by atomic mass is 10.2. The minimum atomic E-state index is -0.853. The lowest BCUT2D eigenvalue weighted by Gasteiger charge is -2.25. The van der Waals surface area contributed by atoms with Crippen molar-refractivity contribution in [1.82, 2.24) is 4.90 Å². The molecule has 0 radical (unpaired) electrons. The Kier molecular flexibility index (Phi) is 4.55. The summed E-state index contributed by atoms with van der Waals surface area (Å²) in [5.41, 5.74) is 0.973. The second kappa shape index (κ2) is 6.36. The first-order valence-electron chi connectivity index (χ1n) is 6.60. The molecular weight excluding hydrogens is 260 g/mol. The summed E-state index contributed by atoms with van der Waals surface area (Å²) in [6, 6.07) is 5.68. The Balaban J connectivity index is 2.17. The molecule has 1 aromatic carbocycles. The van der Waals surface area contributed by atoms with E-state index in [9.17, 15) is 4.79 Å². The summed E-state index contributed by atoms with van der Waals surface area (Å²) in [4.78, 5) is 14.6. The molecule has 1 N–H and O–H groups in total. The molecule has 1 amide bonds. The molecule has 0 saturated carbocycles. The standard InChI is InChI=1S/C14H20N2O4/c1-19-11-4-5-12(13(10-11)20-2)15-6-3-7-16(9-8-15)14(17)18/h4-5,10H,3,6-9H2,1-2H3,(H,17,18). The minimum absolute atomic E-state index is 0.504. The highest BCUT2D eigenvalue weighted by Gasteiger charge is 2.20. The van der Waals surface area contributed by atoms with Gasteiger partial charge in [0.1, 0.15) is 11.5 Å². The van der Waals surface area contributed by atoms with Crippen molar-refractivity contribution in [2.24, 2.45) is 0 Å². The van der Waals surface area contributed by atoms with Crippen LogP contribution in [0.5, 0.6) is 11.5 Å². The Morgan fingerprint density at radius 2 is 1.95 bits per heavy atom. The maximum Gasteiger partial charge on any atom is 0.407 e. The van der Waals surface area contributed by atoms with Crippen LogP contribution in [0.25, 0.3) is 0 Å². The van der Waals surface area contributed by atoms with Gasteiger partial charge in [-0.3, -0.25) is 0 Å². The van der Waals surface area contributed by atoms with Gasteiger partial charge in [-0.25, -0.2) is 4.79 Å². The van der Waals surface area contributed by atoms with E-state index in [-0.39, 0.29) is 0 Å². The number of hydrogen-bond acceptors (Lipinski definition) is 4. The fraction of sp³-hybridized carbons (Fsp3) is 0.500. The molecule has 1 saturated heterocycles. The van der Waals surface area contributed by atoms with Gasteiger partial charge in [0.25, 0.3) is 0 Å². The van der Waals surface area contributed by atoms with Crippen molar-refractivity contribution in [2.45, 2.75) is 6.42 Å². The summed E-state index contributed by atoms with van der Waals surface area (Å²) < 4.78 is 10.6. The van der Waals surface area contributed by atoms with E-state index in [2.05, 4.69) is 4.90 Å². The van der Waals surface area contributed by atoms with Crippen LogP contribution in [0.4, 0.5) is 10.5 Å². The smallest absolute Gasteiger partial charge is 0.407 e. The fourth-order valence-corrected chi connectivity index (χ4v) is 2.40. The molecule has 0 unspecified atom stereocenters. The summed E-state index contributed by atoms with van der Waals surface area (Å²) >= 11 is 0. The van der Waals surface area contributed by atoms with Crippen molar-refractivity contribution in [1.29, 1.82) is 0 Å². The van der Waals surface area contributed by atoms with Crippen LogP contribution in [0, 0.1) is 0 Å². The maximum absolute atomic E-state index is 11.0. The zero-order valence-electron chi connectivity index (χ0n) is 11.8. The lowest BCUT2D eigenvalue weighted by molar-refractivity contribution is 0.148. The monoisotopic (exact) mass is 280 g/mol. The highest BCUT2D eigenvalue weighted by atomic mass is 16.5. The van der Waals surface area contributed by atoms with Crippen LogP contribution in [0.1, 0.15) is 6.42 Å². The molecule has 0 aliphatic carbocycles. The first kappa shape index (κ1) is 14.3. The second-order valence-corrected chi connectivity index (χ2v) is 4.65. The number of methoxy groups -OCH3 is 2. The summed E-state index contributed by atoms with van der Waals surface area (Å²) in [6.07, 6.45) is -0.0462. The first-order chi connectivity index (χ1) is 9.65. The normalized spacial score (nSPS) is 15.7. The Hall–Kier alpha value is -2.11. The van der Waals surface area contributed by atoms with Gasteiger partial charge in [0.05, 0.1) is 19.9 Å². The van der Waals surface area contributed by atoms with Crippen molar-refractivity contribution in [3.05, 3.63) is 18.2 Å². The fourth-order valence-electron chi connectivity index (χ4n) is 2.40. The van der Waals surface area contributed by atoms with Gasteiger partial charge in [-0.15, -0.1) is 0 Å². The zero-order chi connectivity index (χ0) is 14.5. The Morgan fingerprint density at radius 1 is 1.15 bits per heavy atom. The van der Waals surface area contributed by atoms with Crippen LogP contribution in [0.2, 0.25) is 0 Å². The number of carboxylic acid groups (broad SMARTS) is 1. The third-order valence-electron chi connectivity index (χ3n) is 3.49. The van der Waals surface area contributed by atoms with Crippen LogP contribution < -0.4 is 14.4 Å². The lowest BCUT2D eigenvalue weighted by Crippen LogP contribution is -2.34. The third-order valence-corrected chi connectivity index (χ3v) is 3.49. The first-order valence-corrected chi connectivity index (χ1v) is 6.60. The number of anilines is 1. The molecule has 0 aromatic heterocycles. The van der Waals surface area contributed by atoms with Crippen molar-refractivity contribution in [3.63, 3.8) is 0 Å². The van der Waals surface area contributed by atoms with Gasteiger partial charge in [-0.2, -0.15) is 0 Å². The van der Waals surface area contributed by atoms with Crippen LogP contribution >= 0.6 is 0 Å². The number of ether oxygens (including phenoxy) is 2. The second-order valence-electron chi connectivity index (χ2n) is 4.65. The zero-order valence-corrected chi connectivity index (χ0v) is 11.8. The number of hydrogen-bond donors (Lipinski definition) is 1. The van der Waals surface area contributed by atoms with Gasteiger partial charge in [0.15, 0.2) is 0 Å². The SMILES string of the molecule is COc1ccc(N2CCCN(C(=O)O)CC2)c(OC)c1. The Bertz CT molecular complexity index is 478. The average molecular weight is 280 g/mol. The number of rotatable bonds is 3. The van der Waals surface area contributed by atoms with E-state index in [1.807, 2.05) is 18.2 Å². The van der Waals surface area contributed by atoms with Gasteiger partial charge in [-0.1, -0.05) is 0 Å². The van der Waals surface area contributed by atoms with Crippen LogP contribution in [-0.4, -0.2) is 56.5 Å². The van der Waals surface area contributed by atoms with Crippen molar-refractivity contribution in [3.8, 4) is 11.5 Å². The van der Waals surface area contributed by atoms with Crippen LogP contribution in [-0.2, 0) is 0 Å². The molecular formula is C14H20N2O4. The molecule has 20 heavy (non-hydrogen) atoms. The predicted octanol–water partition coefficient (Wildman–Crippen LogP) is 1.89. The van der Waals surface area contributed by atoms with Crippen molar-refractivity contribution >= 4 is 11.8 Å². The highest BCUT2D eigenvalue weighted by Crippen LogP contribution is 2.32. The molecule has 1 fully saturated rings. The molecule has 0 spiro atoms. The van der Waals surface area contributed by atoms with E-state index < -0.39 is 6.09 Å². The summed E-state index contributed by atoms with van der Waals surface area (Å²) in [5.74, 6) is 1.49. The molecule has 2 rings (SSSR count). The Morgan fingerprint density at radius 3 is 2.60 bits per heavy atom. The van der Waals surface area contributed by atoms with E-state index in [0.717, 1.165) is 30.2 Å². The molecule has 1 aliphatic heterocycles. The molecule has 0 atom stereocenters. The van der Waals surface area contributed by atoms with E-state index in [1.165, 1.54) is 4.90 Å². The van der Waals surface area contributed by atoms with E-state index in [4.69, 9.17) is 14.6 Å². The molecule has 6 nitrogen and oxygen atoms in total. The van der Waals surface area contributed by atoms with Gasteiger partial charge < -0.3 is 24.4 Å². The average Bonchev–Trinajstić information content (AvgIpc) is 2.72. The van der Waals surface area contributed by atoms with Gasteiger partial charge >= 0.3 is 6.09 Å². The quantitative estimate of drug-likeness (QED) is 0.916. The number of amides is 1. The molecule has 1 heterocycles. The highest BCUT2D eigenvalue weighted by molar-refractivity contribution is 5.65. The summed E-state index contributed by atoms with van der Waals surface area (Å²) in [7, 11) is 3.24. The number of carbonyl (C=O) groups is 1. The van der Waals surface area contributed by atoms with Crippen LogP contribution in [0.15, 0.2) is 18.2 Å². The predicted molar refractivity (Wildman–Crippen MR) is 76.0 cm³/mol. The summed E-state index contributed by atoms with van der Waals surface area (Å²) in [5, 5.41) is 9.06. The minimum Gasteiger partial charge on any atom is -0.497 e. The van der Waals surface area contributed by atoms with E-state index in [0.29, 0.717) is 19.6 Å². The van der Waals surface area contributed by atoms with E-state index >= 15 is 0 Å². The molecule has 1 aromatic rings. The van der Waals surface area contributed by atoms with E-state index in [1.54, 1.807) is 14.2 Å². The third kappa shape index (κ3) is 3.07. The van der Waals surface area contributed by atoms with Gasteiger partial charge in [0.2, 0.25) is 0 Å². The van der Waals surface area contributed by atoms with Gasteiger partial charge in [-0.05, 0) is 18.6 Å². The van der Waals surface area contributed by atoms with Gasteiger partial charge in [0, 0.05) is 32.2 Å². The number of nitrogens with zero attached hydrogens (tertiary/aromatic N) is 2. The number of benzene rings is 1. The summed E-state index contributed by atoms with van der Waals surface area (Å²) in [6.45, 7) is 2.55. The topological polar surface area (TPSA) is 62.2 Å². The molecule has 6 heteroatoms. The van der Waals surface area contributed by atoms with Crippen molar-refractivity contribution < 1.29 is 19.4 Å². The Labute approximate surface area is 118 Å². The van der Waals surface area contributed by atoms with Crippen LogP contribution in [0.3, 0.4) is 0 Å². The van der Waals surface area contributed by atoms with Crippen molar-refractivity contribution in [2.75, 3.05) is 45.3 Å². The maximum atomic E-state index is 11.0.